The first kappa shape index (κ1) is 17.7. The summed E-state index contributed by atoms with van der Waals surface area (Å²) in [5.74, 6) is 0.220. The molecule has 1 saturated heterocycles. The van der Waals surface area contributed by atoms with Gasteiger partial charge in [-0.15, -0.1) is 0 Å². The van der Waals surface area contributed by atoms with E-state index in [0.29, 0.717) is 32.6 Å². The minimum Gasteiger partial charge on any atom is -0.339 e. The third kappa shape index (κ3) is 5.50. The lowest BCUT2D eigenvalue weighted by molar-refractivity contribution is -0.137. The number of amides is 2. The van der Waals surface area contributed by atoms with E-state index in [1.807, 2.05) is 35.2 Å². The Bertz CT molecular complexity index is 561. The first-order chi connectivity index (χ1) is 11.1. The molecule has 0 aromatic heterocycles. The molecule has 1 aromatic carbocycles. The second-order valence-electron chi connectivity index (χ2n) is 5.69. The molecule has 0 atom stereocenters. The van der Waals surface area contributed by atoms with Gasteiger partial charge < -0.3 is 9.80 Å². The summed E-state index contributed by atoms with van der Waals surface area (Å²) in [5, 5.41) is 0. The van der Waals surface area contributed by atoms with Crippen LogP contribution in [0.4, 0.5) is 0 Å². The van der Waals surface area contributed by atoms with E-state index in [-0.39, 0.29) is 11.8 Å². The highest BCUT2D eigenvalue weighted by Gasteiger charge is 2.22. The average Bonchev–Trinajstić information content (AvgIpc) is 2.59. The van der Waals surface area contributed by atoms with Crippen LogP contribution in [0.15, 0.2) is 34.8 Å². The summed E-state index contributed by atoms with van der Waals surface area (Å²) in [6.45, 7) is 4.59. The minimum absolute atomic E-state index is 0.00794. The summed E-state index contributed by atoms with van der Waals surface area (Å²) in [7, 11) is 0. The molecule has 1 heterocycles. The van der Waals surface area contributed by atoms with Crippen molar-refractivity contribution in [1.82, 2.24) is 9.80 Å². The molecule has 124 valence electrons. The topological polar surface area (TPSA) is 40.6 Å². The fourth-order valence-electron chi connectivity index (χ4n) is 2.51. The summed E-state index contributed by atoms with van der Waals surface area (Å²) in [4.78, 5) is 27.9. The van der Waals surface area contributed by atoms with E-state index in [1.54, 1.807) is 11.0 Å². The molecule has 1 aromatic rings. The SMILES string of the molecule is CCCCC(=O)N1CCN(C(=O)C=Cc2ccc(Br)cc2)CC1. The zero-order valence-electron chi connectivity index (χ0n) is 13.5. The molecule has 2 amide bonds. The van der Waals surface area contributed by atoms with Crippen molar-refractivity contribution >= 4 is 33.8 Å². The molecule has 1 aliphatic heterocycles. The third-order valence-electron chi connectivity index (χ3n) is 3.98. The van der Waals surface area contributed by atoms with Crippen LogP contribution in [0.1, 0.15) is 31.7 Å². The van der Waals surface area contributed by atoms with E-state index in [1.165, 1.54) is 0 Å². The van der Waals surface area contributed by atoms with Gasteiger partial charge in [-0.25, -0.2) is 0 Å². The summed E-state index contributed by atoms with van der Waals surface area (Å²) in [6.07, 6.45) is 6.03. The van der Waals surface area contributed by atoms with E-state index in [9.17, 15) is 9.59 Å². The molecular weight excluding hydrogens is 356 g/mol. The largest absolute Gasteiger partial charge is 0.339 e. The third-order valence-corrected chi connectivity index (χ3v) is 4.51. The molecule has 4 nitrogen and oxygen atoms in total. The number of piperazine rings is 1. The van der Waals surface area contributed by atoms with E-state index in [0.717, 1.165) is 22.9 Å². The predicted molar refractivity (Wildman–Crippen MR) is 95.9 cm³/mol. The number of halogens is 1. The number of carbonyl (C=O) groups excluding carboxylic acids is 2. The molecule has 1 fully saturated rings. The maximum Gasteiger partial charge on any atom is 0.246 e. The molecule has 0 radical (unpaired) electrons. The Hall–Kier alpha value is -1.62. The zero-order valence-corrected chi connectivity index (χ0v) is 15.1. The van der Waals surface area contributed by atoms with Gasteiger partial charge in [-0.05, 0) is 30.2 Å². The smallest absolute Gasteiger partial charge is 0.246 e. The molecule has 0 saturated carbocycles. The fourth-order valence-corrected chi connectivity index (χ4v) is 2.77. The maximum absolute atomic E-state index is 12.2. The quantitative estimate of drug-likeness (QED) is 0.737. The predicted octanol–water partition coefficient (Wildman–Crippen LogP) is 3.32. The molecule has 0 unspecified atom stereocenters. The van der Waals surface area contributed by atoms with Gasteiger partial charge in [0.05, 0.1) is 0 Å². The van der Waals surface area contributed by atoms with Gasteiger partial charge in [0, 0.05) is 43.1 Å². The lowest BCUT2D eigenvalue weighted by Crippen LogP contribution is -2.50. The lowest BCUT2D eigenvalue weighted by atomic mass is 10.2. The van der Waals surface area contributed by atoms with Gasteiger partial charge in [-0.1, -0.05) is 41.4 Å². The fraction of sp³-hybridized carbons (Fsp3) is 0.444. The number of hydrogen-bond donors (Lipinski definition) is 0. The van der Waals surface area contributed by atoms with Crippen molar-refractivity contribution in [2.45, 2.75) is 26.2 Å². The Balaban J connectivity index is 1.81. The van der Waals surface area contributed by atoms with Crippen LogP contribution in [-0.4, -0.2) is 47.8 Å². The minimum atomic E-state index is 0.00794. The van der Waals surface area contributed by atoms with Crippen LogP contribution < -0.4 is 0 Å². The maximum atomic E-state index is 12.2. The van der Waals surface area contributed by atoms with E-state index >= 15 is 0 Å². The highest BCUT2D eigenvalue weighted by molar-refractivity contribution is 9.10. The second-order valence-corrected chi connectivity index (χ2v) is 6.61. The van der Waals surface area contributed by atoms with Gasteiger partial charge in [-0.2, -0.15) is 0 Å². The van der Waals surface area contributed by atoms with Gasteiger partial charge in [0.25, 0.3) is 0 Å². The summed E-state index contributed by atoms with van der Waals surface area (Å²) >= 11 is 3.39. The molecule has 0 aliphatic carbocycles. The van der Waals surface area contributed by atoms with Crippen molar-refractivity contribution in [3.63, 3.8) is 0 Å². The molecule has 5 heteroatoms. The van der Waals surface area contributed by atoms with Gasteiger partial charge in [0.1, 0.15) is 0 Å². The number of unbranched alkanes of at least 4 members (excludes halogenated alkanes) is 1. The number of hydrogen-bond acceptors (Lipinski definition) is 2. The van der Waals surface area contributed by atoms with Crippen molar-refractivity contribution < 1.29 is 9.59 Å². The first-order valence-corrected chi connectivity index (χ1v) is 8.90. The molecule has 2 rings (SSSR count). The van der Waals surface area contributed by atoms with Crippen molar-refractivity contribution in [1.29, 1.82) is 0 Å². The number of benzene rings is 1. The molecule has 0 bridgehead atoms. The summed E-state index contributed by atoms with van der Waals surface area (Å²) < 4.78 is 1.02. The number of carbonyl (C=O) groups is 2. The van der Waals surface area contributed by atoms with Crippen LogP contribution in [0.5, 0.6) is 0 Å². The Morgan fingerprint density at radius 2 is 1.70 bits per heavy atom. The average molecular weight is 379 g/mol. The van der Waals surface area contributed by atoms with Gasteiger partial charge in [-0.3, -0.25) is 9.59 Å². The van der Waals surface area contributed by atoms with Gasteiger partial charge in [0.2, 0.25) is 11.8 Å². The summed E-state index contributed by atoms with van der Waals surface area (Å²) in [6, 6.07) is 7.81. The van der Waals surface area contributed by atoms with E-state index in [4.69, 9.17) is 0 Å². The Morgan fingerprint density at radius 3 is 2.30 bits per heavy atom. The Morgan fingerprint density at radius 1 is 1.09 bits per heavy atom. The van der Waals surface area contributed by atoms with Crippen LogP contribution in [0, 0.1) is 0 Å². The molecule has 23 heavy (non-hydrogen) atoms. The molecule has 0 spiro atoms. The number of rotatable bonds is 5. The molecule has 0 N–H and O–H groups in total. The van der Waals surface area contributed by atoms with Crippen LogP contribution in [0.3, 0.4) is 0 Å². The van der Waals surface area contributed by atoms with Gasteiger partial charge in [0.15, 0.2) is 0 Å². The van der Waals surface area contributed by atoms with E-state index < -0.39 is 0 Å². The van der Waals surface area contributed by atoms with Crippen molar-refractivity contribution in [2.75, 3.05) is 26.2 Å². The first-order valence-electron chi connectivity index (χ1n) is 8.10. The van der Waals surface area contributed by atoms with Crippen LogP contribution >= 0.6 is 15.9 Å². The van der Waals surface area contributed by atoms with E-state index in [2.05, 4.69) is 22.9 Å². The van der Waals surface area contributed by atoms with Crippen LogP contribution in [0.2, 0.25) is 0 Å². The second kappa shape index (κ2) is 8.87. The highest BCUT2D eigenvalue weighted by Crippen LogP contribution is 2.12. The summed E-state index contributed by atoms with van der Waals surface area (Å²) in [5.41, 5.74) is 0.995. The van der Waals surface area contributed by atoms with Crippen molar-refractivity contribution in [2.24, 2.45) is 0 Å². The van der Waals surface area contributed by atoms with Crippen molar-refractivity contribution in [3.05, 3.63) is 40.4 Å². The zero-order chi connectivity index (χ0) is 16.7. The highest BCUT2D eigenvalue weighted by atomic mass is 79.9. The lowest BCUT2D eigenvalue weighted by Gasteiger charge is -2.34. The Kier molecular flexibility index (Phi) is 6.84. The normalized spacial score (nSPS) is 15.2. The van der Waals surface area contributed by atoms with Crippen LogP contribution in [0.25, 0.3) is 6.08 Å². The van der Waals surface area contributed by atoms with Gasteiger partial charge >= 0.3 is 0 Å². The monoisotopic (exact) mass is 378 g/mol. The molecular formula is C18H23BrN2O2. The van der Waals surface area contributed by atoms with Crippen molar-refractivity contribution in [3.8, 4) is 0 Å². The molecule has 1 aliphatic rings. The Labute approximate surface area is 146 Å². The number of nitrogens with zero attached hydrogens (tertiary/aromatic N) is 2. The standard InChI is InChI=1S/C18H23BrN2O2/c1-2-3-4-17(22)20-11-13-21(14-12-20)18(23)10-7-15-5-8-16(19)9-6-15/h5-10H,2-4,11-14H2,1H3. The van der Waals surface area contributed by atoms with Crippen LogP contribution in [-0.2, 0) is 9.59 Å².